The molecule has 3 aromatic heterocycles. The van der Waals surface area contributed by atoms with E-state index in [1.165, 1.54) is 23.5 Å². The summed E-state index contributed by atoms with van der Waals surface area (Å²) in [6.45, 7) is 9.40. The topological polar surface area (TPSA) is 99.8 Å². The van der Waals surface area contributed by atoms with Crippen LogP contribution in [-0.4, -0.2) is 46.3 Å². The summed E-state index contributed by atoms with van der Waals surface area (Å²) in [5.41, 5.74) is 7.71. The molecule has 0 atom stereocenters. The van der Waals surface area contributed by atoms with Crippen LogP contribution in [0.2, 0.25) is 0 Å². The molecule has 0 saturated carbocycles. The Balaban J connectivity index is 1.51. The van der Waals surface area contributed by atoms with Gasteiger partial charge in [0.15, 0.2) is 11.6 Å². The number of ether oxygens (including phenoxy) is 3. The zero-order chi connectivity index (χ0) is 28.0. The smallest absolute Gasteiger partial charge is 0.410 e. The maximum Gasteiger partial charge on any atom is 0.410 e. The third-order valence-corrected chi connectivity index (χ3v) is 6.67. The number of fused-ring (bicyclic) bond motifs is 1. The molecule has 0 unspecified atom stereocenters. The average Bonchev–Trinajstić information content (AvgIpc) is 3.32. The van der Waals surface area contributed by atoms with Crippen LogP contribution in [0, 0.1) is 5.82 Å². The van der Waals surface area contributed by atoms with Crippen LogP contribution in [0.4, 0.5) is 14.9 Å². The maximum atomic E-state index is 14.3. The summed E-state index contributed by atoms with van der Waals surface area (Å²) >= 11 is 1.45. The molecule has 8 nitrogen and oxygen atoms in total. The van der Waals surface area contributed by atoms with Gasteiger partial charge in [-0.25, -0.2) is 9.18 Å². The number of hydrogen-bond donors (Lipinski definition) is 1. The number of pyridine rings is 2. The van der Waals surface area contributed by atoms with E-state index in [1.54, 1.807) is 29.4 Å². The Morgan fingerprint density at radius 2 is 1.90 bits per heavy atom. The van der Waals surface area contributed by atoms with Crippen LogP contribution in [-0.2, 0) is 16.0 Å². The molecule has 0 radical (unpaired) electrons. The number of thiophene rings is 1. The Bertz CT molecular complexity index is 1420. The lowest BCUT2D eigenvalue weighted by Crippen LogP contribution is -2.38. The third-order valence-electron chi connectivity index (χ3n) is 5.51. The fourth-order valence-electron chi connectivity index (χ4n) is 3.71. The summed E-state index contributed by atoms with van der Waals surface area (Å²) in [7, 11) is 0. The van der Waals surface area contributed by atoms with Gasteiger partial charge in [0.25, 0.3) is 0 Å². The molecule has 1 aromatic carbocycles. The first-order valence-corrected chi connectivity index (χ1v) is 13.6. The standard InChI is InChI=1S/C29H33FN4O4S/c1-5-13-36-14-12-34(28(35)38-29(2,3)4)18-19-6-8-22(33-17-19)26-16-23-27(39-26)25(10-11-32-23)37-24-9-7-20(31)15-21(24)30/h6-11,15-17H,5,12-14,18,31H2,1-4H3. The van der Waals surface area contributed by atoms with Crippen molar-refractivity contribution in [1.29, 1.82) is 0 Å². The Morgan fingerprint density at radius 1 is 1.08 bits per heavy atom. The maximum absolute atomic E-state index is 14.3. The van der Waals surface area contributed by atoms with Gasteiger partial charge in [-0.15, -0.1) is 11.3 Å². The summed E-state index contributed by atoms with van der Waals surface area (Å²) in [5.74, 6) is 0.0462. The van der Waals surface area contributed by atoms with Gasteiger partial charge in [0, 0.05) is 43.4 Å². The second-order valence-electron chi connectivity index (χ2n) is 9.99. The number of anilines is 1. The van der Waals surface area contributed by atoms with Crippen LogP contribution in [0.15, 0.2) is 54.9 Å². The molecule has 0 saturated heterocycles. The van der Waals surface area contributed by atoms with Crippen molar-refractivity contribution in [2.45, 2.75) is 46.3 Å². The number of carbonyl (C=O) groups is 1. The molecule has 4 rings (SSSR count). The predicted octanol–water partition coefficient (Wildman–Crippen LogP) is 7.04. The van der Waals surface area contributed by atoms with Gasteiger partial charge in [-0.3, -0.25) is 9.97 Å². The normalized spacial score (nSPS) is 11.5. The van der Waals surface area contributed by atoms with Crippen molar-refractivity contribution in [3.8, 4) is 22.1 Å². The molecule has 2 N–H and O–H groups in total. The summed E-state index contributed by atoms with van der Waals surface area (Å²) in [6.07, 6.45) is 3.89. The fourth-order valence-corrected chi connectivity index (χ4v) is 4.75. The highest BCUT2D eigenvalue weighted by molar-refractivity contribution is 7.22. The molecule has 0 fully saturated rings. The molecule has 0 aliphatic rings. The molecular formula is C29H33FN4O4S. The number of rotatable bonds is 10. The predicted molar refractivity (Wildman–Crippen MR) is 151 cm³/mol. The van der Waals surface area contributed by atoms with E-state index in [0.29, 0.717) is 37.7 Å². The van der Waals surface area contributed by atoms with Gasteiger partial charge in [-0.1, -0.05) is 13.0 Å². The summed E-state index contributed by atoms with van der Waals surface area (Å²) in [6, 6.07) is 11.8. The molecule has 39 heavy (non-hydrogen) atoms. The van der Waals surface area contributed by atoms with Crippen molar-refractivity contribution < 1.29 is 23.4 Å². The SMILES string of the molecule is CCCOCCN(Cc1ccc(-c2cc3nccc(Oc4ccc(N)cc4F)c3s2)nc1)C(=O)OC(C)(C)C. The number of aromatic nitrogens is 2. The van der Waals surface area contributed by atoms with Crippen molar-refractivity contribution in [3.63, 3.8) is 0 Å². The molecule has 3 heterocycles. The lowest BCUT2D eigenvalue weighted by Gasteiger charge is -2.27. The van der Waals surface area contributed by atoms with E-state index in [0.717, 1.165) is 32.8 Å². The van der Waals surface area contributed by atoms with Gasteiger partial charge in [-0.2, -0.15) is 0 Å². The van der Waals surface area contributed by atoms with Crippen molar-refractivity contribution in [2.75, 3.05) is 25.5 Å². The molecule has 0 spiro atoms. The van der Waals surface area contributed by atoms with E-state index in [1.807, 2.05) is 45.9 Å². The summed E-state index contributed by atoms with van der Waals surface area (Å²) in [5, 5.41) is 0. The van der Waals surface area contributed by atoms with E-state index in [4.69, 9.17) is 19.9 Å². The Hall–Kier alpha value is -3.76. The quantitative estimate of drug-likeness (QED) is 0.166. The molecule has 0 aliphatic heterocycles. The molecule has 0 bridgehead atoms. The summed E-state index contributed by atoms with van der Waals surface area (Å²) in [4.78, 5) is 24.4. The highest BCUT2D eigenvalue weighted by Gasteiger charge is 2.22. The Labute approximate surface area is 231 Å². The number of nitrogens with zero attached hydrogens (tertiary/aromatic N) is 3. The highest BCUT2D eigenvalue weighted by atomic mass is 32.1. The van der Waals surface area contributed by atoms with Crippen LogP contribution in [0.5, 0.6) is 11.5 Å². The van der Waals surface area contributed by atoms with Gasteiger partial charge < -0.3 is 24.8 Å². The first kappa shape index (κ1) is 28.3. The minimum atomic E-state index is -0.598. The number of hydrogen-bond acceptors (Lipinski definition) is 8. The number of halogens is 1. The van der Waals surface area contributed by atoms with Gasteiger partial charge in [0.05, 0.1) is 33.9 Å². The second-order valence-corrected chi connectivity index (χ2v) is 11.0. The first-order chi connectivity index (χ1) is 18.6. The Morgan fingerprint density at radius 3 is 2.59 bits per heavy atom. The van der Waals surface area contributed by atoms with Crippen LogP contribution in [0.1, 0.15) is 39.7 Å². The molecule has 10 heteroatoms. The van der Waals surface area contributed by atoms with Crippen LogP contribution < -0.4 is 10.5 Å². The van der Waals surface area contributed by atoms with E-state index in [2.05, 4.69) is 9.97 Å². The molecular weight excluding hydrogens is 519 g/mol. The minimum absolute atomic E-state index is 0.0868. The summed E-state index contributed by atoms with van der Waals surface area (Å²) < 4.78 is 32.1. The number of nitrogens with two attached hydrogens (primary N) is 1. The van der Waals surface area contributed by atoms with Gasteiger partial charge in [-0.05, 0) is 57.0 Å². The third kappa shape index (κ3) is 7.64. The molecule has 4 aromatic rings. The van der Waals surface area contributed by atoms with E-state index in [9.17, 15) is 9.18 Å². The molecule has 206 valence electrons. The average molecular weight is 553 g/mol. The van der Waals surface area contributed by atoms with Crippen molar-refractivity contribution in [3.05, 3.63) is 66.2 Å². The molecule has 1 amide bonds. The van der Waals surface area contributed by atoms with Crippen molar-refractivity contribution in [1.82, 2.24) is 14.9 Å². The molecule has 0 aliphatic carbocycles. The van der Waals surface area contributed by atoms with Crippen LogP contribution in [0.3, 0.4) is 0 Å². The largest absolute Gasteiger partial charge is 0.453 e. The zero-order valence-electron chi connectivity index (χ0n) is 22.6. The van der Waals surface area contributed by atoms with E-state index >= 15 is 0 Å². The van der Waals surface area contributed by atoms with Gasteiger partial charge >= 0.3 is 6.09 Å². The monoisotopic (exact) mass is 552 g/mol. The number of carbonyl (C=O) groups excluding carboxylic acids is 1. The fraction of sp³-hybridized carbons (Fsp3) is 0.345. The number of amides is 1. The van der Waals surface area contributed by atoms with E-state index in [-0.39, 0.29) is 5.75 Å². The lowest BCUT2D eigenvalue weighted by molar-refractivity contribution is 0.0157. The van der Waals surface area contributed by atoms with Crippen LogP contribution >= 0.6 is 11.3 Å². The van der Waals surface area contributed by atoms with Gasteiger partial charge in [0.1, 0.15) is 11.4 Å². The number of benzene rings is 1. The van der Waals surface area contributed by atoms with Crippen LogP contribution in [0.25, 0.3) is 20.8 Å². The zero-order valence-corrected chi connectivity index (χ0v) is 23.4. The number of nitrogen functional groups attached to an aromatic ring is 1. The first-order valence-electron chi connectivity index (χ1n) is 12.8. The lowest BCUT2D eigenvalue weighted by atomic mass is 10.2. The second kappa shape index (κ2) is 12.4. The van der Waals surface area contributed by atoms with Gasteiger partial charge in [0.2, 0.25) is 0 Å². The minimum Gasteiger partial charge on any atom is -0.453 e. The van der Waals surface area contributed by atoms with E-state index < -0.39 is 17.5 Å². The Kier molecular flexibility index (Phi) is 8.98. The van der Waals surface area contributed by atoms with Crippen molar-refractivity contribution >= 4 is 33.3 Å². The van der Waals surface area contributed by atoms with Crippen molar-refractivity contribution in [2.24, 2.45) is 0 Å². The highest BCUT2D eigenvalue weighted by Crippen LogP contribution is 2.39.